The highest BCUT2D eigenvalue weighted by Gasteiger charge is 2.10. The molecule has 2 rings (SSSR count). The van der Waals surface area contributed by atoms with Crippen LogP contribution in [0.3, 0.4) is 0 Å². The van der Waals surface area contributed by atoms with E-state index in [2.05, 4.69) is 15.0 Å². The van der Waals surface area contributed by atoms with Gasteiger partial charge in [0.2, 0.25) is 11.2 Å². The maximum Gasteiger partial charge on any atom is 0.328 e. The van der Waals surface area contributed by atoms with Crippen LogP contribution in [0.15, 0.2) is 18.2 Å². The molecule has 5 nitrogen and oxygen atoms in total. The van der Waals surface area contributed by atoms with Crippen LogP contribution < -0.4 is 9.64 Å². The van der Waals surface area contributed by atoms with Crippen molar-refractivity contribution < 1.29 is 4.74 Å². The number of aromatic nitrogens is 3. The molecule has 2 aromatic rings. The highest BCUT2D eigenvalue weighted by molar-refractivity contribution is 6.28. The van der Waals surface area contributed by atoms with Crippen molar-refractivity contribution in [2.24, 2.45) is 0 Å². The quantitative estimate of drug-likeness (QED) is 0.864. The second-order valence-electron chi connectivity index (χ2n) is 4.38. The normalized spacial score (nSPS) is 10.4. The number of nitrogens with zero attached hydrogens (tertiary/aromatic N) is 4. The number of anilines is 1. The van der Waals surface area contributed by atoms with E-state index in [1.54, 1.807) is 4.90 Å². The van der Waals surface area contributed by atoms with Gasteiger partial charge in [-0.05, 0) is 42.6 Å². The van der Waals surface area contributed by atoms with Crippen LogP contribution in [-0.4, -0.2) is 29.0 Å². The number of hydrogen-bond donors (Lipinski definition) is 0. The van der Waals surface area contributed by atoms with Gasteiger partial charge in [-0.2, -0.15) is 15.0 Å². The molecule has 0 bridgehead atoms. The lowest BCUT2D eigenvalue weighted by Crippen LogP contribution is -2.13. The molecule has 0 saturated carbocycles. The molecule has 100 valence electrons. The Morgan fingerprint density at radius 3 is 2.53 bits per heavy atom. The number of ether oxygens (including phenoxy) is 1. The lowest BCUT2D eigenvalue weighted by atomic mass is 10.1. The van der Waals surface area contributed by atoms with Gasteiger partial charge in [0, 0.05) is 14.1 Å². The zero-order chi connectivity index (χ0) is 14.0. The second kappa shape index (κ2) is 5.40. The fourth-order valence-corrected chi connectivity index (χ4v) is 1.65. The summed E-state index contributed by atoms with van der Waals surface area (Å²) in [5.41, 5.74) is 2.19. The number of rotatable bonds is 3. The summed E-state index contributed by atoms with van der Waals surface area (Å²) in [6.07, 6.45) is 0. The van der Waals surface area contributed by atoms with Crippen LogP contribution in [0.25, 0.3) is 0 Å². The Kier molecular flexibility index (Phi) is 3.85. The Bertz CT molecular complexity index is 601. The molecule has 6 heteroatoms. The SMILES string of the molecule is Cc1cccc(Oc2nc(Cl)nc(N(C)C)n2)c1C. The van der Waals surface area contributed by atoms with Gasteiger partial charge in [0.25, 0.3) is 0 Å². The van der Waals surface area contributed by atoms with Crippen molar-refractivity contribution in [3.8, 4) is 11.8 Å². The van der Waals surface area contributed by atoms with E-state index >= 15 is 0 Å². The Morgan fingerprint density at radius 2 is 1.84 bits per heavy atom. The molecule has 0 radical (unpaired) electrons. The fraction of sp³-hybridized carbons (Fsp3) is 0.308. The predicted octanol–water partition coefficient (Wildman–Crippen LogP) is 3.00. The molecule has 0 amide bonds. The molecular weight excluding hydrogens is 264 g/mol. The lowest BCUT2D eigenvalue weighted by molar-refractivity contribution is 0.436. The molecule has 0 spiro atoms. The van der Waals surface area contributed by atoms with Crippen LogP contribution in [-0.2, 0) is 0 Å². The minimum Gasteiger partial charge on any atom is -0.424 e. The van der Waals surface area contributed by atoms with Gasteiger partial charge in [0.05, 0.1) is 0 Å². The lowest BCUT2D eigenvalue weighted by Gasteiger charge is -2.12. The third kappa shape index (κ3) is 3.12. The van der Waals surface area contributed by atoms with E-state index in [9.17, 15) is 0 Å². The van der Waals surface area contributed by atoms with Crippen LogP contribution in [0.4, 0.5) is 5.95 Å². The van der Waals surface area contributed by atoms with E-state index in [-0.39, 0.29) is 11.3 Å². The monoisotopic (exact) mass is 278 g/mol. The molecule has 0 aliphatic rings. The van der Waals surface area contributed by atoms with Gasteiger partial charge in [0.15, 0.2) is 0 Å². The fourth-order valence-electron chi connectivity index (χ4n) is 1.50. The van der Waals surface area contributed by atoms with Crippen molar-refractivity contribution in [1.82, 2.24) is 15.0 Å². The smallest absolute Gasteiger partial charge is 0.328 e. The molecule has 1 aromatic heterocycles. The van der Waals surface area contributed by atoms with Crippen LogP contribution in [0, 0.1) is 13.8 Å². The van der Waals surface area contributed by atoms with Gasteiger partial charge in [0.1, 0.15) is 5.75 Å². The zero-order valence-electron chi connectivity index (χ0n) is 11.3. The zero-order valence-corrected chi connectivity index (χ0v) is 12.1. The van der Waals surface area contributed by atoms with Crippen molar-refractivity contribution in [2.75, 3.05) is 19.0 Å². The second-order valence-corrected chi connectivity index (χ2v) is 4.72. The van der Waals surface area contributed by atoms with Crippen molar-refractivity contribution >= 4 is 17.5 Å². The molecule has 1 heterocycles. The molecule has 1 aromatic carbocycles. The number of aryl methyl sites for hydroxylation is 1. The Labute approximate surface area is 117 Å². The van der Waals surface area contributed by atoms with Gasteiger partial charge in [-0.1, -0.05) is 12.1 Å². The molecule has 0 fully saturated rings. The van der Waals surface area contributed by atoms with E-state index in [4.69, 9.17) is 16.3 Å². The Morgan fingerprint density at radius 1 is 1.11 bits per heavy atom. The van der Waals surface area contributed by atoms with Crippen LogP contribution in [0.1, 0.15) is 11.1 Å². The minimum absolute atomic E-state index is 0.110. The van der Waals surface area contributed by atoms with Crippen LogP contribution in [0.5, 0.6) is 11.8 Å². The summed E-state index contributed by atoms with van der Waals surface area (Å²) in [4.78, 5) is 13.9. The number of benzene rings is 1. The first kappa shape index (κ1) is 13.5. The molecule has 19 heavy (non-hydrogen) atoms. The summed E-state index contributed by atoms with van der Waals surface area (Å²) >= 11 is 5.86. The maximum atomic E-state index is 5.86. The summed E-state index contributed by atoms with van der Waals surface area (Å²) in [6, 6.07) is 6.01. The van der Waals surface area contributed by atoms with Crippen molar-refractivity contribution in [1.29, 1.82) is 0 Å². The van der Waals surface area contributed by atoms with E-state index in [1.807, 2.05) is 46.1 Å². The highest BCUT2D eigenvalue weighted by Crippen LogP contribution is 2.25. The maximum absolute atomic E-state index is 5.86. The average Bonchev–Trinajstić information content (AvgIpc) is 2.34. The molecule has 0 saturated heterocycles. The molecule has 0 N–H and O–H groups in total. The predicted molar refractivity (Wildman–Crippen MR) is 75.2 cm³/mol. The van der Waals surface area contributed by atoms with Gasteiger partial charge in [-0.25, -0.2) is 0 Å². The summed E-state index contributed by atoms with van der Waals surface area (Å²) in [6.45, 7) is 4.01. The van der Waals surface area contributed by atoms with E-state index in [0.717, 1.165) is 11.1 Å². The summed E-state index contributed by atoms with van der Waals surface area (Å²) in [5, 5.41) is 0.110. The molecular formula is C13H15ClN4O. The third-order valence-corrected chi connectivity index (χ3v) is 2.90. The standard InChI is InChI=1S/C13H15ClN4O/c1-8-6-5-7-10(9(8)2)19-13-16-11(14)15-12(17-13)18(3)4/h5-7H,1-4H3. The Hall–Kier alpha value is -1.88. The molecule has 0 aliphatic heterocycles. The molecule has 0 aliphatic carbocycles. The van der Waals surface area contributed by atoms with E-state index in [0.29, 0.717) is 11.7 Å². The first-order valence-corrected chi connectivity index (χ1v) is 6.18. The summed E-state index contributed by atoms with van der Waals surface area (Å²) < 4.78 is 5.69. The average molecular weight is 279 g/mol. The largest absolute Gasteiger partial charge is 0.424 e. The van der Waals surface area contributed by atoms with Gasteiger partial charge in [-0.3, -0.25) is 0 Å². The minimum atomic E-state index is 0.110. The molecule has 0 unspecified atom stereocenters. The Balaban J connectivity index is 2.35. The highest BCUT2D eigenvalue weighted by atomic mass is 35.5. The third-order valence-electron chi connectivity index (χ3n) is 2.73. The first-order chi connectivity index (χ1) is 8.97. The van der Waals surface area contributed by atoms with Crippen molar-refractivity contribution in [3.63, 3.8) is 0 Å². The van der Waals surface area contributed by atoms with Crippen LogP contribution >= 0.6 is 11.6 Å². The van der Waals surface area contributed by atoms with E-state index in [1.165, 1.54) is 0 Å². The van der Waals surface area contributed by atoms with Gasteiger partial charge < -0.3 is 9.64 Å². The first-order valence-electron chi connectivity index (χ1n) is 5.80. The van der Waals surface area contributed by atoms with Crippen molar-refractivity contribution in [2.45, 2.75) is 13.8 Å². The van der Waals surface area contributed by atoms with Gasteiger partial charge >= 0.3 is 6.01 Å². The van der Waals surface area contributed by atoms with Crippen LogP contribution in [0.2, 0.25) is 5.28 Å². The van der Waals surface area contributed by atoms with E-state index < -0.39 is 0 Å². The number of hydrogen-bond acceptors (Lipinski definition) is 5. The van der Waals surface area contributed by atoms with Gasteiger partial charge in [-0.15, -0.1) is 0 Å². The topological polar surface area (TPSA) is 51.1 Å². The summed E-state index contributed by atoms with van der Waals surface area (Å²) in [5.74, 6) is 1.17. The molecule has 0 atom stereocenters. The number of halogens is 1. The summed E-state index contributed by atoms with van der Waals surface area (Å²) in [7, 11) is 3.65. The van der Waals surface area contributed by atoms with Crippen molar-refractivity contribution in [3.05, 3.63) is 34.6 Å².